The zero-order valence-corrected chi connectivity index (χ0v) is 10.5. The van der Waals surface area contributed by atoms with Crippen LogP contribution in [0.3, 0.4) is 0 Å². The van der Waals surface area contributed by atoms with Crippen LogP contribution in [0.25, 0.3) is 0 Å². The van der Waals surface area contributed by atoms with Crippen molar-refractivity contribution in [2.75, 3.05) is 20.3 Å². The minimum atomic E-state index is -0.706. The zero-order chi connectivity index (χ0) is 12.2. The minimum Gasteiger partial charge on any atom is -0.480 e. The van der Waals surface area contributed by atoms with Gasteiger partial charge in [0.1, 0.15) is 5.54 Å². The molecule has 4 heteroatoms. The summed E-state index contributed by atoms with van der Waals surface area (Å²) in [5.74, 6) is -0.702. The van der Waals surface area contributed by atoms with Crippen molar-refractivity contribution in [2.45, 2.75) is 51.1 Å². The fourth-order valence-corrected chi connectivity index (χ4v) is 2.62. The van der Waals surface area contributed by atoms with Gasteiger partial charge < -0.3 is 9.84 Å². The lowest BCUT2D eigenvalue weighted by Gasteiger charge is -2.43. The van der Waals surface area contributed by atoms with E-state index >= 15 is 0 Å². The molecular weight excluding hydrogens is 206 g/mol. The Morgan fingerprint density at radius 2 is 1.88 bits per heavy atom. The molecule has 1 fully saturated rings. The van der Waals surface area contributed by atoms with Gasteiger partial charge in [-0.25, -0.2) is 0 Å². The summed E-state index contributed by atoms with van der Waals surface area (Å²) in [4.78, 5) is 13.5. The van der Waals surface area contributed by atoms with E-state index in [2.05, 4.69) is 4.90 Å². The number of ether oxygens (including phenoxy) is 1. The van der Waals surface area contributed by atoms with Crippen LogP contribution in [-0.4, -0.2) is 47.8 Å². The van der Waals surface area contributed by atoms with Crippen molar-refractivity contribution in [2.24, 2.45) is 0 Å². The van der Waals surface area contributed by atoms with Crippen molar-refractivity contribution in [3.63, 3.8) is 0 Å². The maximum absolute atomic E-state index is 11.5. The highest BCUT2D eigenvalue weighted by Crippen LogP contribution is 2.28. The van der Waals surface area contributed by atoms with E-state index in [4.69, 9.17) is 4.74 Å². The van der Waals surface area contributed by atoms with Crippen molar-refractivity contribution in [3.05, 3.63) is 0 Å². The van der Waals surface area contributed by atoms with Gasteiger partial charge in [-0.2, -0.15) is 0 Å². The molecule has 0 spiro atoms. The maximum Gasteiger partial charge on any atom is 0.324 e. The second-order valence-electron chi connectivity index (χ2n) is 4.50. The number of aliphatic carboxylic acids is 1. The van der Waals surface area contributed by atoms with Gasteiger partial charge in [0.2, 0.25) is 0 Å². The summed E-state index contributed by atoms with van der Waals surface area (Å²) in [5, 5.41) is 9.45. The third-order valence-electron chi connectivity index (χ3n) is 3.98. The third kappa shape index (κ3) is 2.38. The molecule has 1 rings (SSSR count). The van der Waals surface area contributed by atoms with E-state index < -0.39 is 11.5 Å². The molecule has 0 aliphatic carbocycles. The van der Waals surface area contributed by atoms with Crippen LogP contribution >= 0.6 is 0 Å². The fourth-order valence-electron chi connectivity index (χ4n) is 2.62. The average Bonchev–Trinajstić information content (AvgIpc) is 2.32. The lowest BCUT2D eigenvalue weighted by molar-refractivity contribution is -0.154. The maximum atomic E-state index is 11.5. The molecule has 0 unspecified atom stereocenters. The van der Waals surface area contributed by atoms with Crippen LogP contribution in [0.2, 0.25) is 0 Å². The van der Waals surface area contributed by atoms with Gasteiger partial charge in [-0.3, -0.25) is 9.69 Å². The van der Waals surface area contributed by atoms with Crippen LogP contribution in [0.15, 0.2) is 0 Å². The topological polar surface area (TPSA) is 49.8 Å². The molecule has 0 radical (unpaired) electrons. The minimum absolute atomic E-state index is 0.338. The molecule has 0 bridgehead atoms. The Labute approximate surface area is 97.6 Å². The Morgan fingerprint density at radius 1 is 1.38 bits per heavy atom. The molecule has 16 heavy (non-hydrogen) atoms. The second kappa shape index (κ2) is 5.64. The predicted octanol–water partition coefficient (Wildman–Crippen LogP) is 1.74. The smallest absolute Gasteiger partial charge is 0.324 e. The quantitative estimate of drug-likeness (QED) is 0.780. The van der Waals surface area contributed by atoms with Crippen LogP contribution in [0, 0.1) is 0 Å². The van der Waals surface area contributed by atoms with E-state index in [1.54, 1.807) is 0 Å². The van der Waals surface area contributed by atoms with E-state index in [0.717, 1.165) is 26.1 Å². The Bertz CT molecular complexity index is 232. The zero-order valence-electron chi connectivity index (χ0n) is 10.5. The Morgan fingerprint density at radius 3 is 2.25 bits per heavy atom. The number of carboxylic acids is 1. The van der Waals surface area contributed by atoms with Gasteiger partial charge in [-0.15, -0.1) is 0 Å². The normalized spacial score (nSPS) is 19.0. The number of nitrogens with zero attached hydrogens (tertiary/aromatic N) is 1. The standard InChI is InChI=1S/C12H23NO3/c1-4-12(5-2,11(14)15)13(3)10-6-8-16-9-7-10/h10H,4-9H2,1-3H3,(H,14,15). The molecule has 1 saturated heterocycles. The number of rotatable bonds is 5. The van der Waals surface area contributed by atoms with Crippen LogP contribution in [0.1, 0.15) is 39.5 Å². The molecule has 0 aromatic rings. The first-order valence-electron chi connectivity index (χ1n) is 6.12. The van der Waals surface area contributed by atoms with Gasteiger partial charge in [0.15, 0.2) is 0 Å². The van der Waals surface area contributed by atoms with Gasteiger partial charge in [0.05, 0.1) is 0 Å². The van der Waals surface area contributed by atoms with Gasteiger partial charge in [-0.05, 0) is 32.7 Å². The SMILES string of the molecule is CCC(CC)(C(=O)O)N(C)C1CCOCC1. The lowest BCUT2D eigenvalue weighted by atomic mass is 9.88. The first kappa shape index (κ1) is 13.5. The number of hydrogen-bond acceptors (Lipinski definition) is 3. The number of carboxylic acid groups (broad SMARTS) is 1. The van der Waals surface area contributed by atoms with Gasteiger partial charge in [0.25, 0.3) is 0 Å². The van der Waals surface area contributed by atoms with Crippen molar-refractivity contribution < 1.29 is 14.6 Å². The summed E-state index contributed by atoms with van der Waals surface area (Å²) in [6, 6.07) is 0.338. The lowest BCUT2D eigenvalue weighted by Crippen LogP contribution is -2.57. The monoisotopic (exact) mass is 229 g/mol. The Balaban J connectivity index is 2.80. The molecule has 1 heterocycles. The van der Waals surface area contributed by atoms with Gasteiger partial charge >= 0.3 is 5.97 Å². The van der Waals surface area contributed by atoms with Crippen molar-refractivity contribution in [1.29, 1.82) is 0 Å². The number of carbonyl (C=O) groups is 1. The summed E-state index contributed by atoms with van der Waals surface area (Å²) >= 11 is 0. The van der Waals surface area contributed by atoms with E-state index in [9.17, 15) is 9.90 Å². The molecule has 0 aromatic heterocycles. The van der Waals surface area contributed by atoms with Crippen molar-refractivity contribution >= 4 is 5.97 Å². The molecule has 94 valence electrons. The first-order valence-corrected chi connectivity index (χ1v) is 6.12. The van der Waals surface area contributed by atoms with Crippen molar-refractivity contribution in [3.8, 4) is 0 Å². The van der Waals surface area contributed by atoms with Gasteiger partial charge in [0, 0.05) is 19.3 Å². The van der Waals surface area contributed by atoms with Crippen LogP contribution in [0.4, 0.5) is 0 Å². The summed E-state index contributed by atoms with van der Waals surface area (Å²) in [5.41, 5.74) is -0.706. The summed E-state index contributed by atoms with van der Waals surface area (Å²) in [7, 11) is 1.94. The summed E-state index contributed by atoms with van der Waals surface area (Å²) < 4.78 is 5.32. The first-order chi connectivity index (χ1) is 7.58. The molecule has 1 aliphatic heterocycles. The Hall–Kier alpha value is -0.610. The summed E-state index contributed by atoms with van der Waals surface area (Å²) in [6.45, 7) is 5.40. The molecule has 0 aromatic carbocycles. The molecule has 1 aliphatic rings. The molecule has 1 N–H and O–H groups in total. The van der Waals surface area contributed by atoms with Crippen LogP contribution in [0.5, 0.6) is 0 Å². The number of hydrogen-bond donors (Lipinski definition) is 1. The molecule has 0 saturated carbocycles. The molecule has 0 atom stereocenters. The highest BCUT2D eigenvalue weighted by molar-refractivity contribution is 5.78. The van der Waals surface area contributed by atoms with E-state index in [1.165, 1.54) is 0 Å². The highest BCUT2D eigenvalue weighted by atomic mass is 16.5. The van der Waals surface area contributed by atoms with Crippen LogP contribution < -0.4 is 0 Å². The van der Waals surface area contributed by atoms with E-state index in [-0.39, 0.29) is 0 Å². The third-order valence-corrected chi connectivity index (χ3v) is 3.98. The van der Waals surface area contributed by atoms with E-state index in [1.807, 2.05) is 20.9 Å². The molecular formula is C12H23NO3. The Kier molecular flexibility index (Phi) is 4.74. The van der Waals surface area contributed by atoms with Gasteiger partial charge in [-0.1, -0.05) is 13.8 Å². The highest BCUT2D eigenvalue weighted by Gasteiger charge is 2.42. The van der Waals surface area contributed by atoms with Crippen LogP contribution in [-0.2, 0) is 9.53 Å². The fraction of sp³-hybridized carbons (Fsp3) is 0.917. The largest absolute Gasteiger partial charge is 0.480 e. The summed E-state index contributed by atoms with van der Waals surface area (Å²) in [6.07, 6.45) is 3.16. The molecule has 0 amide bonds. The average molecular weight is 229 g/mol. The number of likely N-dealkylation sites (N-methyl/N-ethyl adjacent to an activating group) is 1. The molecule has 4 nitrogen and oxygen atoms in total. The van der Waals surface area contributed by atoms with Crippen molar-refractivity contribution in [1.82, 2.24) is 4.90 Å². The van der Waals surface area contributed by atoms with E-state index in [0.29, 0.717) is 18.9 Å². The predicted molar refractivity (Wildman–Crippen MR) is 62.6 cm³/mol. The second-order valence-corrected chi connectivity index (χ2v) is 4.50.